The van der Waals surface area contributed by atoms with Gasteiger partial charge in [-0.1, -0.05) is 0 Å². The van der Waals surface area contributed by atoms with Gasteiger partial charge in [-0.15, -0.1) is 11.3 Å². The zero-order valence-electron chi connectivity index (χ0n) is 9.72. The summed E-state index contributed by atoms with van der Waals surface area (Å²) in [5.41, 5.74) is 3.20. The van der Waals surface area contributed by atoms with Gasteiger partial charge in [0.2, 0.25) is 0 Å². The molecule has 0 aliphatic carbocycles. The number of fused-ring (bicyclic) bond motifs is 2. The topological polar surface area (TPSA) is 28.2 Å². The van der Waals surface area contributed by atoms with Crippen LogP contribution in [0.15, 0.2) is 10.9 Å². The van der Waals surface area contributed by atoms with Crippen LogP contribution < -0.4 is 5.32 Å². The molecule has 88 valence electrons. The zero-order valence-corrected chi connectivity index (χ0v) is 10.5. The van der Waals surface area contributed by atoms with Crippen LogP contribution in [-0.2, 0) is 6.54 Å². The van der Waals surface area contributed by atoms with Gasteiger partial charge in [0, 0.05) is 30.1 Å². The molecule has 2 unspecified atom stereocenters. The van der Waals surface area contributed by atoms with Crippen molar-refractivity contribution >= 4 is 11.3 Å². The zero-order chi connectivity index (χ0) is 11.0. The summed E-state index contributed by atoms with van der Waals surface area (Å²) in [5, 5.41) is 5.63. The lowest BCUT2D eigenvalue weighted by molar-refractivity contribution is 0.110. The molecule has 3 rings (SSSR count). The van der Waals surface area contributed by atoms with Gasteiger partial charge in [-0.2, -0.15) is 0 Å². The summed E-state index contributed by atoms with van der Waals surface area (Å²) in [7, 11) is 2.10. The van der Waals surface area contributed by atoms with E-state index in [0.29, 0.717) is 0 Å². The van der Waals surface area contributed by atoms with E-state index in [0.717, 1.165) is 24.7 Å². The van der Waals surface area contributed by atoms with Gasteiger partial charge in [-0.25, -0.2) is 4.98 Å². The first-order chi connectivity index (χ1) is 7.86. The quantitative estimate of drug-likeness (QED) is 0.869. The minimum absolute atomic E-state index is 0.740. The van der Waals surface area contributed by atoms with Crippen LogP contribution in [0, 0.1) is 0 Å². The van der Waals surface area contributed by atoms with Crippen molar-refractivity contribution in [2.24, 2.45) is 0 Å². The largest absolute Gasteiger partial charge is 0.317 e. The Kier molecular flexibility index (Phi) is 2.96. The lowest BCUT2D eigenvalue weighted by atomic mass is 9.97. The summed E-state index contributed by atoms with van der Waals surface area (Å²) in [6.45, 7) is 1.06. The minimum atomic E-state index is 0.740. The lowest BCUT2D eigenvalue weighted by Crippen LogP contribution is -2.47. The predicted molar refractivity (Wildman–Crippen MR) is 66.5 cm³/mol. The predicted octanol–water partition coefficient (Wildman–Crippen LogP) is 1.86. The van der Waals surface area contributed by atoms with Crippen molar-refractivity contribution in [3.05, 3.63) is 16.6 Å². The molecule has 4 heteroatoms. The first-order valence-electron chi connectivity index (χ1n) is 6.17. The minimum Gasteiger partial charge on any atom is -0.317 e. The third kappa shape index (κ3) is 1.90. The van der Waals surface area contributed by atoms with Crippen LogP contribution >= 0.6 is 11.3 Å². The van der Waals surface area contributed by atoms with Crippen LogP contribution in [0.5, 0.6) is 0 Å². The van der Waals surface area contributed by atoms with Crippen molar-refractivity contribution in [1.29, 1.82) is 0 Å². The smallest absolute Gasteiger partial charge is 0.0795 e. The molecule has 0 spiro atoms. The lowest BCUT2D eigenvalue weighted by Gasteiger charge is -2.38. The van der Waals surface area contributed by atoms with Crippen LogP contribution in [-0.4, -0.2) is 35.1 Å². The van der Waals surface area contributed by atoms with Gasteiger partial charge < -0.3 is 5.32 Å². The summed E-state index contributed by atoms with van der Waals surface area (Å²) in [5.74, 6) is 0. The van der Waals surface area contributed by atoms with Gasteiger partial charge >= 0.3 is 0 Å². The first kappa shape index (κ1) is 10.7. The van der Waals surface area contributed by atoms with E-state index >= 15 is 0 Å². The van der Waals surface area contributed by atoms with Crippen molar-refractivity contribution < 1.29 is 0 Å². The molecule has 1 aromatic heterocycles. The molecule has 0 aromatic carbocycles. The monoisotopic (exact) mass is 237 g/mol. The summed E-state index contributed by atoms with van der Waals surface area (Å²) in [6.07, 6.45) is 5.40. The van der Waals surface area contributed by atoms with Gasteiger partial charge in [0.15, 0.2) is 0 Å². The SMILES string of the molecule is CNC1CC2CCC(C1)N2Cc1cscn1. The molecule has 3 heterocycles. The Morgan fingerprint density at radius 1 is 1.44 bits per heavy atom. The molecule has 1 N–H and O–H groups in total. The summed E-state index contributed by atoms with van der Waals surface area (Å²) in [6, 6.07) is 2.32. The van der Waals surface area contributed by atoms with Crippen LogP contribution in [0.3, 0.4) is 0 Å². The number of rotatable bonds is 3. The Morgan fingerprint density at radius 3 is 2.75 bits per heavy atom. The number of nitrogens with zero attached hydrogens (tertiary/aromatic N) is 2. The number of hydrogen-bond acceptors (Lipinski definition) is 4. The fourth-order valence-corrected chi connectivity index (χ4v) is 3.82. The summed E-state index contributed by atoms with van der Waals surface area (Å²) in [4.78, 5) is 7.09. The molecule has 2 atom stereocenters. The van der Waals surface area contributed by atoms with Gasteiger partial charge in [0.05, 0.1) is 11.2 Å². The summed E-state index contributed by atoms with van der Waals surface area (Å²) < 4.78 is 0. The van der Waals surface area contributed by atoms with Crippen LogP contribution in [0.4, 0.5) is 0 Å². The van der Waals surface area contributed by atoms with E-state index in [9.17, 15) is 0 Å². The fourth-order valence-electron chi connectivity index (χ4n) is 3.27. The van der Waals surface area contributed by atoms with E-state index in [-0.39, 0.29) is 0 Å². The highest BCUT2D eigenvalue weighted by atomic mass is 32.1. The average molecular weight is 237 g/mol. The van der Waals surface area contributed by atoms with E-state index in [4.69, 9.17) is 0 Å². The molecule has 3 nitrogen and oxygen atoms in total. The third-order valence-corrected chi connectivity index (χ3v) is 4.76. The van der Waals surface area contributed by atoms with Gasteiger partial charge in [0.1, 0.15) is 0 Å². The van der Waals surface area contributed by atoms with E-state index in [1.54, 1.807) is 11.3 Å². The Hall–Kier alpha value is -0.450. The number of hydrogen-bond donors (Lipinski definition) is 1. The van der Waals surface area contributed by atoms with Crippen molar-refractivity contribution in [1.82, 2.24) is 15.2 Å². The first-order valence-corrected chi connectivity index (χ1v) is 7.11. The molecule has 0 radical (unpaired) electrons. The highest BCUT2D eigenvalue weighted by molar-refractivity contribution is 7.07. The Labute approximate surface area is 101 Å². The number of thiazole rings is 1. The highest BCUT2D eigenvalue weighted by Gasteiger charge is 2.40. The molecule has 2 aliphatic rings. The van der Waals surface area contributed by atoms with Crippen molar-refractivity contribution in [2.45, 2.75) is 50.4 Å². The maximum atomic E-state index is 4.41. The Bertz CT molecular complexity index is 324. The van der Waals surface area contributed by atoms with E-state index in [1.807, 2.05) is 5.51 Å². The van der Waals surface area contributed by atoms with E-state index < -0.39 is 0 Å². The van der Waals surface area contributed by atoms with Gasteiger partial charge in [-0.05, 0) is 32.7 Å². The standard InChI is InChI=1S/C12H19N3S/c1-13-9-4-11-2-3-12(5-9)15(11)6-10-7-16-8-14-10/h7-9,11-13H,2-6H2,1H3. The second-order valence-corrected chi connectivity index (χ2v) is 5.71. The second kappa shape index (κ2) is 4.43. The molecule has 0 amide bonds. The third-order valence-electron chi connectivity index (χ3n) is 4.12. The van der Waals surface area contributed by atoms with E-state index in [2.05, 4.69) is 27.6 Å². The average Bonchev–Trinajstić information content (AvgIpc) is 2.87. The molecule has 2 fully saturated rings. The van der Waals surface area contributed by atoms with Crippen LogP contribution in [0.2, 0.25) is 0 Å². The maximum Gasteiger partial charge on any atom is 0.0795 e. The van der Waals surface area contributed by atoms with Crippen LogP contribution in [0.1, 0.15) is 31.4 Å². The van der Waals surface area contributed by atoms with Crippen LogP contribution in [0.25, 0.3) is 0 Å². The molecule has 2 aliphatic heterocycles. The van der Waals surface area contributed by atoms with Gasteiger partial charge in [0.25, 0.3) is 0 Å². The molecule has 1 aromatic rings. The molecule has 2 saturated heterocycles. The van der Waals surface area contributed by atoms with E-state index in [1.165, 1.54) is 31.4 Å². The molecular formula is C12H19N3S. The number of aromatic nitrogens is 1. The molecule has 2 bridgehead atoms. The highest BCUT2D eigenvalue weighted by Crippen LogP contribution is 2.36. The molecular weight excluding hydrogens is 218 g/mol. The molecule has 16 heavy (non-hydrogen) atoms. The Morgan fingerprint density at radius 2 is 2.19 bits per heavy atom. The van der Waals surface area contributed by atoms with Gasteiger partial charge in [-0.3, -0.25) is 4.90 Å². The fraction of sp³-hybridized carbons (Fsp3) is 0.750. The Balaban J connectivity index is 1.69. The van der Waals surface area contributed by atoms with Crippen molar-refractivity contribution in [3.63, 3.8) is 0 Å². The second-order valence-electron chi connectivity index (χ2n) is 4.99. The number of nitrogens with one attached hydrogen (secondary N) is 1. The molecule has 0 saturated carbocycles. The summed E-state index contributed by atoms with van der Waals surface area (Å²) >= 11 is 1.71. The maximum absolute atomic E-state index is 4.41. The normalized spacial score (nSPS) is 34.4. The van der Waals surface area contributed by atoms with Crippen molar-refractivity contribution in [3.8, 4) is 0 Å². The number of piperidine rings is 1. The van der Waals surface area contributed by atoms with Crippen molar-refractivity contribution in [2.75, 3.05) is 7.05 Å².